The molecule has 3 rings (SSSR count). The van der Waals surface area contributed by atoms with Crippen LogP contribution >= 0.6 is 0 Å². The van der Waals surface area contributed by atoms with Crippen LogP contribution in [0.3, 0.4) is 0 Å². The minimum absolute atomic E-state index is 0.169. The summed E-state index contributed by atoms with van der Waals surface area (Å²) in [6, 6.07) is 20.5. The van der Waals surface area contributed by atoms with Gasteiger partial charge in [0.1, 0.15) is 23.9 Å². The average molecular weight is 409 g/mol. The first-order chi connectivity index (χ1) is 14.5. The van der Waals surface area contributed by atoms with Crippen molar-refractivity contribution in [1.29, 1.82) is 0 Å². The molecule has 0 aromatic heterocycles. The average Bonchev–Trinajstić information content (AvgIpc) is 2.76. The summed E-state index contributed by atoms with van der Waals surface area (Å²) >= 11 is 0. The molecule has 0 saturated carbocycles. The van der Waals surface area contributed by atoms with Gasteiger partial charge in [0.15, 0.2) is 6.04 Å². The van der Waals surface area contributed by atoms with Gasteiger partial charge < -0.3 is 19.7 Å². The SMILES string of the molecule is COc1ccc(C[NH+](C)[C@H](C(=O)Nc2ccc(F)cc2)c2ccccc2)c(OC)c1. The molecule has 0 aliphatic rings. The second-order valence-electron chi connectivity index (χ2n) is 7.04. The number of benzene rings is 3. The number of amides is 1. The van der Waals surface area contributed by atoms with Crippen molar-refractivity contribution in [3.05, 3.63) is 89.7 Å². The van der Waals surface area contributed by atoms with Crippen LogP contribution in [0.25, 0.3) is 0 Å². The van der Waals surface area contributed by atoms with Gasteiger partial charge in [0, 0.05) is 22.9 Å². The molecule has 3 aromatic carbocycles. The highest BCUT2D eigenvalue weighted by Gasteiger charge is 2.30. The van der Waals surface area contributed by atoms with Gasteiger partial charge in [-0.05, 0) is 36.4 Å². The summed E-state index contributed by atoms with van der Waals surface area (Å²) < 4.78 is 24.0. The number of nitrogens with one attached hydrogen (secondary N) is 2. The highest BCUT2D eigenvalue weighted by Crippen LogP contribution is 2.24. The predicted octanol–water partition coefficient (Wildman–Crippen LogP) is 3.24. The van der Waals surface area contributed by atoms with E-state index in [1.54, 1.807) is 26.4 Å². The highest BCUT2D eigenvalue weighted by atomic mass is 19.1. The molecule has 0 heterocycles. The number of hydrogen-bond acceptors (Lipinski definition) is 3. The molecule has 0 saturated heterocycles. The molecule has 2 atom stereocenters. The lowest BCUT2D eigenvalue weighted by Gasteiger charge is -2.25. The van der Waals surface area contributed by atoms with Crippen molar-refractivity contribution in [2.75, 3.05) is 26.6 Å². The number of likely N-dealkylation sites (N-methyl/N-ethyl adjacent to an activating group) is 1. The minimum atomic E-state index is -0.469. The largest absolute Gasteiger partial charge is 0.497 e. The van der Waals surface area contributed by atoms with Gasteiger partial charge in [-0.25, -0.2) is 4.39 Å². The predicted molar refractivity (Wildman–Crippen MR) is 114 cm³/mol. The quantitative estimate of drug-likeness (QED) is 0.601. The smallest absolute Gasteiger partial charge is 0.287 e. The molecule has 0 aliphatic heterocycles. The summed E-state index contributed by atoms with van der Waals surface area (Å²) in [5.41, 5.74) is 2.41. The Morgan fingerprint density at radius 1 is 1.00 bits per heavy atom. The Labute approximate surface area is 176 Å². The zero-order valence-electron chi connectivity index (χ0n) is 17.3. The van der Waals surface area contributed by atoms with Crippen LogP contribution in [0.4, 0.5) is 10.1 Å². The van der Waals surface area contributed by atoms with E-state index in [9.17, 15) is 9.18 Å². The lowest BCUT2D eigenvalue weighted by molar-refractivity contribution is -0.915. The molecule has 1 unspecified atom stereocenters. The van der Waals surface area contributed by atoms with Gasteiger partial charge in [0.2, 0.25) is 0 Å². The molecule has 1 amide bonds. The molecule has 2 N–H and O–H groups in total. The van der Waals surface area contributed by atoms with Crippen LogP contribution in [0, 0.1) is 5.82 Å². The van der Waals surface area contributed by atoms with E-state index in [2.05, 4.69) is 5.32 Å². The molecular formula is C24H26FN2O3+. The van der Waals surface area contributed by atoms with E-state index in [0.29, 0.717) is 23.7 Å². The molecule has 0 bridgehead atoms. The maximum Gasteiger partial charge on any atom is 0.287 e. The lowest BCUT2D eigenvalue weighted by atomic mass is 10.0. The van der Waals surface area contributed by atoms with Crippen LogP contribution < -0.4 is 19.7 Å². The number of carbonyl (C=O) groups excluding carboxylic acids is 1. The van der Waals surface area contributed by atoms with E-state index in [1.165, 1.54) is 12.1 Å². The third-order valence-electron chi connectivity index (χ3n) is 4.96. The molecular weight excluding hydrogens is 383 g/mol. The van der Waals surface area contributed by atoms with Crippen molar-refractivity contribution >= 4 is 11.6 Å². The molecule has 5 nitrogen and oxygen atoms in total. The Kier molecular flexibility index (Phi) is 7.03. The molecule has 156 valence electrons. The van der Waals surface area contributed by atoms with Crippen LogP contribution in [0.5, 0.6) is 11.5 Å². The van der Waals surface area contributed by atoms with E-state index < -0.39 is 6.04 Å². The zero-order valence-corrected chi connectivity index (χ0v) is 17.3. The van der Waals surface area contributed by atoms with Gasteiger partial charge in [-0.2, -0.15) is 0 Å². The fourth-order valence-electron chi connectivity index (χ4n) is 3.45. The Bertz CT molecular complexity index is 978. The molecule has 0 spiro atoms. The number of carbonyl (C=O) groups is 1. The summed E-state index contributed by atoms with van der Waals surface area (Å²) in [5.74, 6) is 0.904. The monoisotopic (exact) mass is 409 g/mol. The second-order valence-corrected chi connectivity index (χ2v) is 7.04. The van der Waals surface area contributed by atoms with Crippen molar-refractivity contribution in [2.45, 2.75) is 12.6 Å². The van der Waals surface area contributed by atoms with E-state index in [-0.39, 0.29) is 11.7 Å². The molecule has 0 radical (unpaired) electrons. The fraction of sp³-hybridized carbons (Fsp3) is 0.208. The van der Waals surface area contributed by atoms with Crippen molar-refractivity contribution in [3.8, 4) is 11.5 Å². The lowest BCUT2D eigenvalue weighted by Crippen LogP contribution is -3.09. The first kappa shape index (κ1) is 21.3. The summed E-state index contributed by atoms with van der Waals surface area (Å²) in [6.45, 7) is 0.559. The van der Waals surface area contributed by atoms with Gasteiger partial charge in [-0.3, -0.25) is 4.79 Å². The van der Waals surface area contributed by atoms with Gasteiger partial charge in [0.05, 0.1) is 21.3 Å². The standard InChI is InChI=1S/C24H25FN2O3/c1-27(16-18-9-14-21(29-2)15-22(18)30-3)23(17-7-5-4-6-8-17)24(28)26-20-12-10-19(25)11-13-20/h4-15,23H,16H2,1-3H3,(H,26,28)/p+1/t23-/m0/s1. The normalized spacial score (nSPS) is 12.7. The summed E-state index contributed by atoms with van der Waals surface area (Å²) in [5, 5.41) is 2.90. The molecule has 3 aromatic rings. The van der Waals surface area contributed by atoms with Gasteiger partial charge in [-0.15, -0.1) is 0 Å². The second kappa shape index (κ2) is 9.89. The number of halogens is 1. The third kappa shape index (κ3) is 5.15. The number of anilines is 1. The van der Waals surface area contributed by atoms with Crippen LogP contribution in [0.15, 0.2) is 72.8 Å². The number of hydrogen-bond donors (Lipinski definition) is 2. The van der Waals surface area contributed by atoms with Crippen LogP contribution in [0.2, 0.25) is 0 Å². The van der Waals surface area contributed by atoms with Crippen LogP contribution in [-0.2, 0) is 11.3 Å². The summed E-state index contributed by atoms with van der Waals surface area (Å²) in [7, 11) is 5.19. The number of rotatable bonds is 8. The Morgan fingerprint density at radius 3 is 2.33 bits per heavy atom. The number of quaternary nitrogens is 1. The van der Waals surface area contributed by atoms with E-state index in [4.69, 9.17) is 9.47 Å². The van der Waals surface area contributed by atoms with Gasteiger partial charge in [0.25, 0.3) is 5.91 Å². The Hall–Kier alpha value is -3.38. The van der Waals surface area contributed by atoms with Crippen LogP contribution in [-0.4, -0.2) is 27.2 Å². The zero-order chi connectivity index (χ0) is 21.5. The molecule has 30 heavy (non-hydrogen) atoms. The van der Waals surface area contributed by atoms with Gasteiger partial charge >= 0.3 is 0 Å². The number of ether oxygens (including phenoxy) is 2. The summed E-state index contributed by atoms with van der Waals surface area (Å²) in [6.07, 6.45) is 0. The van der Waals surface area contributed by atoms with E-state index >= 15 is 0 Å². The summed E-state index contributed by atoms with van der Waals surface area (Å²) in [4.78, 5) is 14.2. The van der Waals surface area contributed by atoms with Crippen molar-refractivity contribution < 1.29 is 23.6 Å². The highest BCUT2D eigenvalue weighted by molar-refractivity contribution is 5.94. The van der Waals surface area contributed by atoms with Crippen molar-refractivity contribution in [3.63, 3.8) is 0 Å². The third-order valence-corrected chi connectivity index (χ3v) is 4.96. The maximum absolute atomic E-state index is 13.2. The Balaban J connectivity index is 1.87. The minimum Gasteiger partial charge on any atom is -0.497 e. The Morgan fingerprint density at radius 2 is 1.70 bits per heavy atom. The first-order valence-electron chi connectivity index (χ1n) is 9.66. The fourth-order valence-corrected chi connectivity index (χ4v) is 3.45. The maximum atomic E-state index is 13.2. The van der Waals surface area contributed by atoms with E-state index in [0.717, 1.165) is 16.0 Å². The molecule has 6 heteroatoms. The van der Waals surface area contributed by atoms with Crippen LogP contribution in [0.1, 0.15) is 17.2 Å². The number of methoxy groups -OCH3 is 2. The van der Waals surface area contributed by atoms with Crippen molar-refractivity contribution in [2.24, 2.45) is 0 Å². The molecule has 0 aliphatic carbocycles. The van der Waals surface area contributed by atoms with Crippen molar-refractivity contribution in [1.82, 2.24) is 0 Å². The van der Waals surface area contributed by atoms with E-state index in [1.807, 2.05) is 55.6 Å². The molecule has 0 fully saturated rings. The van der Waals surface area contributed by atoms with Gasteiger partial charge in [-0.1, -0.05) is 30.3 Å². The topological polar surface area (TPSA) is 52.0 Å². The first-order valence-corrected chi connectivity index (χ1v) is 9.66.